The number of amides is 2. The lowest BCUT2D eigenvalue weighted by molar-refractivity contribution is -0.121. The van der Waals surface area contributed by atoms with E-state index in [9.17, 15) is 14.4 Å². The number of aromatic amines is 1. The predicted molar refractivity (Wildman–Crippen MR) is 120 cm³/mol. The summed E-state index contributed by atoms with van der Waals surface area (Å²) in [7, 11) is 0. The van der Waals surface area contributed by atoms with Crippen molar-refractivity contribution in [2.45, 2.75) is 19.9 Å². The molecule has 4 rings (SSSR count). The van der Waals surface area contributed by atoms with Crippen LogP contribution in [0.25, 0.3) is 10.9 Å². The Bertz CT molecular complexity index is 1080. The number of fused-ring (bicyclic) bond motifs is 1. The van der Waals surface area contributed by atoms with Crippen molar-refractivity contribution < 1.29 is 14.4 Å². The number of rotatable bonds is 5. The first-order valence-electron chi connectivity index (χ1n) is 10.5. The van der Waals surface area contributed by atoms with Gasteiger partial charge in [-0.3, -0.25) is 19.3 Å². The Morgan fingerprint density at radius 2 is 1.65 bits per heavy atom. The number of aromatic nitrogens is 1. The lowest BCUT2D eigenvalue weighted by Crippen LogP contribution is -2.54. The van der Waals surface area contributed by atoms with E-state index >= 15 is 0 Å². The number of hydrogen-bond donors (Lipinski definition) is 2. The fourth-order valence-corrected chi connectivity index (χ4v) is 3.87. The van der Waals surface area contributed by atoms with Crippen molar-refractivity contribution in [2.24, 2.45) is 0 Å². The number of H-pyrrole nitrogens is 1. The van der Waals surface area contributed by atoms with Crippen molar-refractivity contribution in [3.8, 4) is 0 Å². The number of piperazine rings is 1. The lowest BCUT2D eigenvalue weighted by atomic mass is 10.1. The second-order valence-corrected chi connectivity index (χ2v) is 7.90. The summed E-state index contributed by atoms with van der Waals surface area (Å²) in [5, 5.41) is 3.92. The summed E-state index contributed by atoms with van der Waals surface area (Å²) in [4.78, 5) is 44.0. The molecule has 1 saturated heterocycles. The molecular formula is C24H26N4O3. The summed E-state index contributed by atoms with van der Waals surface area (Å²) in [6.45, 7) is 5.78. The Labute approximate surface area is 181 Å². The Morgan fingerprint density at radius 1 is 0.968 bits per heavy atom. The van der Waals surface area contributed by atoms with Gasteiger partial charge in [-0.2, -0.15) is 0 Å². The molecule has 2 amide bonds. The van der Waals surface area contributed by atoms with Crippen LogP contribution in [-0.2, 0) is 4.79 Å². The molecular weight excluding hydrogens is 392 g/mol. The first-order chi connectivity index (χ1) is 14.9. The molecule has 0 radical (unpaired) electrons. The largest absolute Gasteiger partial charge is 0.351 e. The van der Waals surface area contributed by atoms with Crippen molar-refractivity contribution in [1.29, 1.82) is 0 Å². The van der Waals surface area contributed by atoms with Crippen molar-refractivity contribution in [3.63, 3.8) is 0 Å². The maximum absolute atomic E-state index is 12.9. The second-order valence-electron chi connectivity index (χ2n) is 7.90. The van der Waals surface area contributed by atoms with Crippen LogP contribution >= 0.6 is 0 Å². The molecule has 1 aliphatic rings. The van der Waals surface area contributed by atoms with Crippen LogP contribution in [0.15, 0.2) is 54.6 Å². The van der Waals surface area contributed by atoms with Gasteiger partial charge < -0.3 is 15.2 Å². The molecule has 1 fully saturated rings. The molecule has 31 heavy (non-hydrogen) atoms. The van der Waals surface area contributed by atoms with E-state index in [1.165, 1.54) is 6.92 Å². The van der Waals surface area contributed by atoms with Gasteiger partial charge in [0.05, 0.1) is 6.04 Å². The van der Waals surface area contributed by atoms with Gasteiger partial charge in [-0.25, -0.2) is 0 Å². The molecule has 0 aliphatic carbocycles. The molecule has 0 bridgehead atoms. The standard InChI is InChI=1S/C24H26N4O3/c1-16(23(30)25-20-9-7-18(8-10-20)17(2)29)27-11-13-28(14-12-27)24(31)22-15-19-5-3-4-6-21(19)26-22/h3-10,15-16,26H,11-14H2,1-2H3,(H,25,30). The highest BCUT2D eigenvalue weighted by molar-refractivity contribution is 5.98. The quantitative estimate of drug-likeness (QED) is 0.624. The van der Waals surface area contributed by atoms with Crippen molar-refractivity contribution in [1.82, 2.24) is 14.8 Å². The topological polar surface area (TPSA) is 85.5 Å². The maximum atomic E-state index is 12.9. The Balaban J connectivity index is 1.32. The van der Waals surface area contributed by atoms with Crippen LogP contribution in [0.3, 0.4) is 0 Å². The van der Waals surface area contributed by atoms with Gasteiger partial charge in [-0.15, -0.1) is 0 Å². The number of carbonyl (C=O) groups excluding carboxylic acids is 3. The van der Waals surface area contributed by atoms with Crippen LogP contribution in [0.4, 0.5) is 5.69 Å². The minimum Gasteiger partial charge on any atom is -0.351 e. The number of anilines is 1. The molecule has 3 aromatic rings. The number of para-hydroxylation sites is 1. The van der Waals surface area contributed by atoms with Crippen LogP contribution in [0.1, 0.15) is 34.7 Å². The van der Waals surface area contributed by atoms with Gasteiger partial charge in [0.1, 0.15) is 5.69 Å². The van der Waals surface area contributed by atoms with Crippen LogP contribution < -0.4 is 5.32 Å². The second kappa shape index (κ2) is 8.73. The third-order valence-corrected chi connectivity index (χ3v) is 5.85. The van der Waals surface area contributed by atoms with Gasteiger partial charge in [0, 0.05) is 48.3 Å². The first kappa shape index (κ1) is 20.8. The molecule has 160 valence electrons. The molecule has 2 aromatic carbocycles. The summed E-state index contributed by atoms with van der Waals surface area (Å²) in [6.07, 6.45) is 0. The Hall–Kier alpha value is -3.45. The fourth-order valence-electron chi connectivity index (χ4n) is 3.87. The Morgan fingerprint density at radius 3 is 2.29 bits per heavy atom. The molecule has 7 nitrogen and oxygen atoms in total. The van der Waals surface area contributed by atoms with Gasteiger partial charge in [-0.05, 0) is 50.2 Å². The van der Waals surface area contributed by atoms with E-state index in [0.29, 0.717) is 43.1 Å². The van der Waals surface area contributed by atoms with Gasteiger partial charge in [0.15, 0.2) is 5.78 Å². The van der Waals surface area contributed by atoms with E-state index in [1.54, 1.807) is 24.3 Å². The van der Waals surface area contributed by atoms with Gasteiger partial charge in [0.25, 0.3) is 5.91 Å². The van der Waals surface area contributed by atoms with E-state index in [4.69, 9.17) is 0 Å². The third kappa shape index (κ3) is 4.51. The Kier molecular flexibility index (Phi) is 5.86. The minimum absolute atomic E-state index is 0.00823. The zero-order chi connectivity index (χ0) is 22.0. The van der Waals surface area contributed by atoms with E-state index < -0.39 is 0 Å². The summed E-state index contributed by atoms with van der Waals surface area (Å²) < 4.78 is 0. The minimum atomic E-state index is -0.321. The number of benzene rings is 2. The lowest BCUT2D eigenvalue weighted by Gasteiger charge is -2.37. The van der Waals surface area contributed by atoms with E-state index in [1.807, 2.05) is 42.2 Å². The maximum Gasteiger partial charge on any atom is 0.270 e. The molecule has 1 atom stereocenters. The van der Waals surface area contributed by atoms with Crippen LogP contribution in [0.2, 0.25) is 0 Å². The average Bonchev–Trinajstić information content (AvgIpc) is 3.23. The molecule has 2 N–H and O–H groups in total. The smallest absolute Gasteiger partial charge is 0.270 e. The first-order valence-corrected chi connectivity index (χ1v) is 10.5. The molecule has 0 spiro atoms. The van der Waals surface area contributed by atoms with Gasteiger partial charge in [0.2, 0.25) is 5.91 Å². The predicted octanol–water partition coefficient (Wildman–Crippen LogP) is 3.16. The zero-order valence-electron chi connectivity index (χ0n) is 17.7. The fraction of sp³-hybridized carbons (Fsp3) is 0.292. The summed E-state index contributed by atoms with van der Waals surface area (Å²) in [6, 6.07) is 16.3. The highest BCUT2D eigenvalue weighted by atomic mass is 16.2. The molecule has 1 unspecified atom stereocenters. The van der Waals surface area contributed by atoms with Crippen LogP contribution in [0.5, 0.6) is 0 Å². The third-order valence-electron chi connectivity index (χ3n) is 5.85. The normalized spacial score (nSPS) is 15.6. The van der Waals surface area contributed by atoms with E-state index in [-0.39, 0.29) is 23.6 Å². The molecule has 1 aromatic heterocycles. The number of nitrogens with one attached hydrogen (secondary N) is 2. The summed E-state index contributed by atoms with van der Waals surface area (Å²) >= 11 is 0. The van der Waals surface area contributed by atoms with Crippen molar-refractivity contribution in [3.05, 3.63) is 65.9 Å². The molecule has 1 aliphatic heterocycles. The zero-order valence-corrected chi connectivity index (χ0v) is 17.7. The number of nitrogens with zero attached hydrogens (tertiary/aromatic N) is 2. The molecule has 0 saturated carbocycles. The number of hydrogen-bond acceptors (Lipinski definition) is 4. The van der Waals surface area contributed by atoms with Crippen molar-refractivity contribution in [2.75, 3.05) is 31.5 Å². The highest BCUT2D eigenvalue weighted by Crippen LogP contribution is 2.18. The number of carbonyl (C=O) groups is 3. The number of ketones is 1. The van der Waals surface area contributed by atoms with Crippen LogP contribution in [0, 0.1) is 0 Å². The highest BCUT2D eigenvalue weighted by Gasteiger charge is 2.28. The van der Waals surface area contributed by atoms with Crippen LogP contribution in [-0.4, -0.2) is 64.6 Å². The van der Waals surface area contributed by atoms with Gasteiger partial charge in [-0.1, -0.05) is 18.2 Å². The number of Topliss-reactive ketones (excluding diaryl/α,β-unsaturated/α-hetero) is 1. The monoisotopic (exact) mass is 418 g/mol. The molecule has 7 heteroatoms. The summed E-state index contributed by atoms with van der Waals surface area (Å²) in [5.41, 5.74) is 2.82. The van der Waals surface area contributed by atoms with E-state index in [2.05, 4.69) is 15.2 Å². The average molecular weight is 418 g/mol. The van der Waals surface area contributed by atoms with Crippen molar-refractivity contribution >= 4 is 34.2 Å². The molecule has 2 heterocycles. The van der Waals surface area contributed by atoms with Gasteiger partial charge >= 0.3 is 0 Å². The summed E-state index contributed by atoms with van der Waals surface area (Å²) in [5.74, 6) is -0.129. The SMILES string of the molecule is CC(=O)c1ccc(NC(=O)C(C)N2CCN(C(=O)c3cc4ccccc4[nH]3)CC2)cc1. The van der Waals surface area contributed by atoms with E-state index in [0.717, 1.165) is 10.9 Å².